The third kappa shape index (κ3) is 5.31. The molecular weight excluding hydrogens is 428 g/mol. The van der Waals surface area contributed by atoms with Crippen molar-refractivity contribution in [3.8, 4) is 5.75 Å². The number of fused-ring (bicyclic) bond motifs is 1. The van der Waals surface area contributed by atoms with Gasteiger partial charge in [-0.05, 0) is 66.8 Å². The summed E-state index contributed by atoms with van der Waals surface area (Å²) < 4.78 is 6.03. The van der Waals surface area contributed by atoms with Gasteiger partial charge < -0.3 is 4.74 Å². The Balaban J connectivity index is 1.69. The van der Waals surface area contributed by atoms with Gasteiger partial charge in [-0.2, -0.15) is 0 Å². The fraction of sp³-hybridized carbons (Fsp3) is 0.286. The molecule has 4 rings (SSSR count). The molecule has 0 saturated carbocycles. The summed E-state index contributed by atoms with van der Waals surface area (Å²) in [4.78, 5) is 20.5. The van der Waals surface area contributed by atoms with E-state index in [1.165, 1.54) is 17.3 Å². The van der Waals surface area contributed by atoms with Crippen LogP contribution in [-0.2, 0) is 4.79 Å². The monoisotopic (exact) mass is 458 g/mol. The molecule has 1 saturated heterocycles. The van der Waals surface area contributed by atoms with E-state index in [1.54, 1.807) is 4.90 Å². The van der Waals surface area contributed by atoms with E-state index in [1.807, 2.05) is 54.6 Å². The van der Waals surface area contributed by atoms with Crippen LogP contribution in [0.25, 0.3) is 16.8 Å². The summed E-state index contributed by atoms with van der Waals surface area (Å²) in [6.45, 7) is 7.65. The van der Waals surface area contributed by atoms with E-state index in [-0.39, 0.29) is 5.91 Å². The van der Waals surface area contributed by atoms with Gasteiger partial charge in [-0.15, -0.1) is 0 Å². The van der Waals surface area contributed by atoms with E-state index < -0.39 is 0 Å². The van der Waals surface area contributed by atoms with E-state index >= 15 is 0 Å². The van der Waals surface area contributed by atoms with Crippen molar-refractivity contribution < 1.29 is 9.53 Å². The highest BCUT2D eigenvalue weighted by Crippen LogP contribution is 2.37. The van der Waals surface area contributed by atoms with Gasteiger partial charge in [-0.3, -0.25) is 9.69 Å². The Bertz CT molecular complexity index is 1200. The van der Waals surface area contributed by atoms with Crippen LogP contribution in [0, 0.1) is 6.92 Å². The van der Waals surface area contributed by atoms with Crippen molar-refractivity contribution in [1.82, 2.24) is 4.90 Å². The van der Waals surface area contributed by atoms with Crippen molar-refractivity contribution in [2.24, 2.45) is 4.99 Å². The molecule has 0 spiro atoms. The van der Waals surface area contributed by atoms with Crippen LogP contribution < -0.4 is 4.74 Å². The van der Waals surface area contributed by atoms with Crippen molar-refractivity contribution in [2.45, 2.75) is 40.0 Å². The Morgan fingerprint density at radius 1 is 0.970 bits per heavy atom. The fourth-order valence-corrected chi connectivity index (χ4v) is 4.77. The average molecular weight is 459 g/mol. The summed E-state index contributed by atoms with van der Waals surface area (Å²) in [5.41, 5.74) is 3.06. The zero-order valence-corrected chi connectivity index (χ0v) is 20.3. The number of amidine groups is 1. The molecule has 3 aromatic carbocycles. The molecule has 0 unspecified atom stereocenters. The summed E-state index contributed by atoms with van der Waals surface area (Å²) in [5.74, 6) is 0.904. The second-order valence-electron chi connectivity index (χ2n) is 8.20. The number of aryl methyl sites for hydroxylation is 1. The number of thioether (sulfide) groups is 1. The zero-order chi connectivity index (χ0) is 23.2. The number of carbonyl (C=O) groups is 1. The van der Waals surface area contributed by atoms with Crippen LogP contribution in [0.5, 0.6) is 5.75 Å². The van der Waals surface area contributed by atoms with E-state index in [0.29, 0.717) is 18.1 Å². The second-order valence-corrected chi connectivity index (χ2v) is 9.21. The molecule has 0 atom stereocenters. The molecule has 1 fully saturated rings. The minimum atomic E-state index is 0.0139. The van der Waals surface area contributed by atoms with Crippen LogP contribution in [0.2, 0.25) is 0 Å². The van der Waals surface area contributed by atoms with Gasteiger partial charge in [0.2, 0.25) is 0 Å². The van der Waals surface area contributed by atoms with Crippen LogP contribution in [0.15, 0.2) is 70.6 Å². The van der Waals surface area contributed by atoms with Crippen molar-refractivity contribution in [1.29, 1.82) is 0 Å². The number of ether oxygens (including phenoxy) is 1. The van der Waals surface area contributed by atoms with E-state index in [0.717, 1.165) is 52.2 Å². The molecule has 1 aliphatic rings. The lowest BCUT2D eigenvalue weighted by atomic mass is 10.0. The number of amides is 1. The lowest BCUT2D eigenvalue weighted by molar-refractivity contribution is -0.122. The quantitative estimate of drug-likeness (QED) is 0.262. The first kappa shape index (κ1) is 23.1. The molecular formula is C28H30N2O2S. The third-order valence-electron chi connectivity index (χ3n) is 5.55. The summed E-state index contributed by atoms with van der Waals surface area (Å²) in [5, 5.41) is 2.89. The van der Waals surface area contributed by atoms with Gasteiger partial charge in [0.05, 0.1) is 17.2 Å². The van der Waals surface area contributed by atoms with Gasteiger partial charge in [0.25, 0.3) is 5.91 Å². The van der Waals surface area contributed by atoms with Gasteiger partial charge in [-0.1, -0.05) is 68.3 Å². The molecule has 5 heteroatoms. The molecule has 0 radical (unpaired) electrons. The van der Waals surface area contributed by atoms with Crippen molar-refractivity contribution in [3.63, 3.8) is 0 Å². The Labute approximate surface area is 200 Å². The molecule has 4 nitrogen and oxygen atoms in total. The molecule has 1 amide bonds. The van der Waals surface area contributed by atoms with Gasteiger partial charge in [0.15, 0.2) is 5.17 Å². The molecule has 33 heavy (non-hydrogen) atoms. The van der Waals surface area contributed by atoms with Crippen LogP contribution in [0.4, 0.5) is 5.69 Å². The Kier molecular flexibility index (Phi) is 7.50. The predicted molar refractivity (Wildman–Crippen MR) is 140 cm³/mol. The van der Waals surface area contributed by atoms with Gasteiger partial charge >= 0.3 is 0 Å². The molecule has 0 N–H and O–H groups in total. The smallest absolute Gasteiger partial charge is 0.266 e. The maximum absolute atomic E-state index is 13.3. The highest BCUT2D eigenvalue weighted by molar-refractivity contribution is 8.18. The van der Waals surface area contributed by atoms with Crippen LogP contribution in [0.3, 0.4) is 0 Å². The number of hydrogen-bond donors (Lipinski definition) is 0. The summed E-state index contributed by atoms with van der Waals surface area (Å²) in [6.07, 6.45) is 4.99. The Morgan fingerprint density at radius 2 is 1.73 bits per heavy atom. The summed E-state index contributed by atoms with van der Waals surface area (Å²) in [6, 6.07) is 20.3. The van der Waals surface area contributed by atoms with Crippen LogP contribution in [0.1, 0.15) is 44.2 Å². The highest BCUT2D eigenvalue weighted by Gasteiger charge is 2.32. The lowest BCUT2D eigenvalue weighted by Gasteiger charge is -2.14. The second kappa shape index (κ2) is 10.7. The molecule has 1 heterocycles. The summed E-state index contributed by atoms with van der Waals surface area (Å²) in [7, 11) is 0. The van der Waals surface area contributed by atoms with Crippen LogP contribution in [-0.4, -0.2) is 29.1 Å². The lowest BCUT2D eigenvalue weighted by Crippen LogP contribution is -2.29. The van der Waals surface area contributed by atoms with E-state index in [4.69, 9.17) is 9.73 Å². The fourth-order valence-electron chi connectivity index (χ4n) is 3.76. The molecule has 0 aliphatic carbocycles. The van der Waals surface area contributed by atoms with Crippen molar-refractivity contribution in [3.05, 3.63) is 76.7 Å². The van der Waals surface area contributed by atoms with Gasteiger partial charge in [0.1, 0.15) is 5.75 Å². The minimum absolute atomic E-state index is 0.0139. The molecule has 3 aromatic rings. The van der Waals surface area contributed by atoms with Crippen molar-refractivity contribution in [2.75, 3.05) is 13.2 Å². The van der Waals surface area contributed by atoms with Crippen LogP contribution >= 0.6 is 11.8 Å². The largest absolute Gasteiger partial charge is 0.493 e. The first-order chi connectivity index (χ1) is 16.1. The predicted octanol–water partition coefficient (Wildman–Crippen LogP) is 7.34. The molecule has 170 valence electrons. The van der Waals surface area contributed by atoms with E-state index in [2.05, 4.69) is 32.9 Å². The topological polar surface area (TPSA) is 41.9 Å². The molecule has 0 bridgehead atoms. The van der Waals surface area contributed by atoms with E-state index in [9.17, 15) is 4.79 Å². The highest BCUT2D eigenvalue weighted by atomic mass is 32.2. The molecule has 1 aliphatic heterocycles. The maximum atomic E-state index is 13.3. The number of aliphatic imine (C=N–C) groups is 1. The third-order valence-corrected chi connectivity index (χ3v) is 6.56. The number of carbonyl (C=O) groups excluding carboxylic acids is 1. The van der Waals surface area contributed by atoms with Crippen molar-refractivity contribution >= 4 is 45.4 Å². The minimum Gasteiger partial charge on any atom is -0.493 e. The first-order valence-corrected chi connectivity index (χ1v) is 12.4. The maximum Gasteiger partial charge on any atom is 0.266 e. The number of rotatable bonds is 8. The average Bonchev–Trinajstić information content (AvgIpc) is 3.11. The first-order valence-electron chi connectivity index (χ1n) is 11.6. The van der Waals surface area contributed by atoms with Gasteiger partial charge in [-0.25, -0.2) is 4.99 Å². The zero-order valence-electron chi connectivity index (χ0n) is 19.5. The number of nitrogens with zero attached hydrogens (tertiary/aromatic N) is 2. The molecule has 0 aromatic heterocycles. The Morgan fingerprint density at radius 3 is 2.45 bits per heavy atom. The number of unbranched alkanes of at least 4 members (excludes halogenated alkanes) is 1. The summed E-state index contributed by atoms with van der Waals surface area (Å²) >= 11 is 1.45. The van der Waals surface area contributed by atoms with Gasteiger partial charge in [0, 0.05) is 11.9 Å². The number of benzene rings is 3. The Hall–Kier alpha value is -3.05. The normalized spacial score (nSPS) is 16.3. The SMILES string of the molecule is CCCCOc1ccc(/C=C2/SC(=Nc3ccc(C)cc3)N(CCC)C2=O)c2ccccc12. The number of hydrogen-bond acceptors (Lipinski definition) is 4. The standard InChI is InChI=1S/C28H30N2O2S/c1-4-6-18-32-25-16-13-21(23-9-7-8-10-24(23)25)19-26-27(31)30(17-5-2)28(33-26)29-22-14-11-20(3)12-15-22/h7-16,19H,4-6,17-18H2,1-3H3/b26-19+,29-28?.